The van der Waals surface area contributed by atoms with Crippen LogP contribution in [-0.2, 0) is 4.79 Å². The molecular weight excluding hydrogens is 322 g/mol. The zero-order valence-corrected chi connectivity index (χ0v) is 13.6. The van der Waals surface area contributed by atoms with Crippen LogP contribution in [0.1, 0.15) is 11.1 Å². The van der Waals surface area contributed by atoms with Crippen molar-refractivity contribution in [2.24, 2.45) is 0 Å². The van der Waals surface area contributed by atoms with E-state index in [0.29, 0.717) is 4.91 Å². The SMILES string of the molecule is O=C1SC(=Cc2ccc(O)cc2)C(=O)N1CC=Cc1ccccc1. The number of aromatic hydroxyl groups is 1. The largest absolute Gasteiger partial charge is 0.508 e. The summed E-state index contributed by atoms with van der Waals surface area (Å²) >= 11 is 0.929. The third kappa shape index (κ3) is 3.75. The molecule has 1 N–H and O–H groups in total. The Balaban J connectivity index is 1.70. The minimum atomic E-state index is -0.296. The number of rotatable bonds is 4. The van der Waals surface area contributed by atoms with Crippen LogP contribution in [0, 0.1) is 0 Å². The highest BCUT2D eigenvalue weighted by Crippen LogP contribution is 2.32. The molecule has 2 aromatic rings. The number of imide groups is 1. The highest BCUT2D eigenvalue weighted by Gasteiger charge is 2.34. The lowest BCUT2D eigenvalue weighted by Gasteiger charge is -2.08. The molecule has 0 atom stereocenters. The van der Waals surface area contributed by atoms with E-state index in [0.717, 1.165) is 22.9 Å². The second-order valence-corrected chi connectivity index (χ2v) is 6.19. The first kappa shape index (κ1) is 16.1. The summed E-state index contributed by atoms with van der Waals surface area (Å²) < 4.78 is 0. The van der Waals surface area contributed by atoms with Gasteiger partial charge in [0.25, 0.3) is 11.1 Å². The summed E-state index contributed by atoms with van der Waals surface area (Å²) in [5.74, 6) is -0.137. The number of phenolic OH excluding ortho intramolecular Hbond substituents is 1. The second kappa shape index (κ2) is 7.19. The molecule has 0 aromatic heterocycles. The van der Waals surface area contributed by atoms with Crippen molar-refractivity contribution in [3.8, 4) is 5.75 Å². The van der Waals surface area contributed by atoms with Crippen molar-refractivity contribution in [3.05, 3.63) is 76.7 Å². The van der Waals surface area contributed by atoms with E-state index in [9.17, 15) is 14.7 Å². The fraction of sp³-hybridized carbons (Fsp3) is 0.0526. The van der Waals surface area contributed by atoms with Gasteiger partial charge in [-0.2, -0.15) is 0 Å². The molecule has 1 saturated heterocycles. The van der Waals surface area contributed by atoms with Gasteiger partial charge in [0.05, 0.1) is 4.91 Å². The first-order valence-corrected chi connectivity index (χ1v) is 8.21. The summed E-state index contributed by atoms with van der Waals surface area (Å²) in [6, 6.07) is 16.2. The lowest BCUT2D eigenvalue weighted by atomic mass is 10.2. The van der Waals surface area contributed by atoms with Crippen LogP contribution in [0.4, 0.5) is 4.79 Å². The first-order valence-electron chi connectivity index (χ1n) is 7.39. The molecule has 5 heteroatoms. The Morgan fingerprint density at radius 2 is 1.67 bits per heavy atom. The van der Waals surface area contributed by atoms with E-state index in [1.165, 1.54) is 4.90 Å². The minimum absolute atomic E-state index is 0.159. The summed E-state index contributed by atoms with van der Waals surface area (Å²) in [6.07, 6.45) is 5.34. The number of nitrogens with zero attached hydrogens (tertiary/aromatic N) is 1. The molecule has 1 fully saturated rings. The predicted molar refractivity (Wildman–Crippen MR) is 96.3 cm³/mol. The molecule has 2 aromatic carbocycles. The highest BCUT2D eigenvalue weighted by molar-refractivity contribution is 8.18. The Bertz CT molecular complexity index is 810. The van der Waals surface area contributed by atoms with Crippen molar-refractivity contribution in [3.63, 3.8) is 0 Å². The number of carbonyl (C=O) groups is 2. The average Bonchev–Trinajstić information content (AvgIpc) is 2.85. The smallest absolute Gasteiger partial charge is 0.293 e. The standard InChI is InChI=1S/C19H15NO3S/c21-16-10-8-15(9-11-16)13-17-18(22)20(19(23)24-17)12-4-7-14-5-2-1-3-6-14/h1-11,13,21H,12H2. The number of hydrogen-bond donors (Lipinski definition) is 1. The molecule has 0 radical (unpaired) electrons. The second-order valence-electron chi connectivity index (χ2n) is 5.20. The molecule has 0 bridgehead atoms. The van der Waals surface area contributed by atoms with Gasteiger partial charge in [-0.05, 0) is 41.1 Å². The van der Waals surface area contributed by atoms with Crippen LogP contribution in [-0.4, -0.2) is 27.7 Å². The van der Waals surface area contributed by atoms with E-state index < -0.39 is 0 Å². The van der Waals surface area contributed by atoms with Gasteiger partial charge in [0.15, 0.2) is 0 Å². The molecule has 0 unspecified atom stereocenters. The molecule has 24 heavy (non-hydrogen) atoms. The average molecular weight is 337 g/mol. The topological polar surface area (TPSA) is 57.6 Å². The van der Waals surface area contributed by atoms with Crippen molar-refractivity contribution in [2.75, 3.05) is 6.54 Å². The van der Waals surface area contributed by atoms with Crippen molar-refractivity contribution in [2.45, 2.75) is 0 Å². The third-order valence-electron chi connectivity index (χ3n) is 3.46. The van der Waals surface area contributed by atoms with E-state index in [2.05, 4.69) is 0 Å². The van der Waals surface area contributed by atoms with Crippen LogP contribution >= 0.6 is 11.8 Å². The minimum Gasteiger partial charge on any atom is -0.508 e. The molecule has 0 aliphatic carbocycles. The maximum atomic E-state index is 12.4. The number of benzene rings is 2. The Kier molecular flexibility index (Phi) is 4.82. The Morgan fingerprint density at radius 1 is 0.958 bits per heavy atom. The predicted octanol–water partition coefficient (Wildman–Crippen LogP) is 4.14. The highest BCUT2D eigenvalue weighted by atomic mass is 32.2. The molecule has 120 valence electrons. The van der Waals surface area contributed by atoms with Crippen LogP contribution in [0.5, 0.6) is 5.75 Å². The molecule has 3 rings (SSSR count). The number of phenols is 1. The van der Waals surface area contributed by atoms with Crippen LogP contribution in [0.3, 0.4) is 0 Å². The summed E-state index contributed by atoms with van der Waals surface area (Å²) in [6.45, 7) is 0.243. The zero-order chi connectivity index (χ0) is 16.9. The van der Waals surface area contributed by atoms with Gasteiger partial charge in [-0.3, -0.25) is 14.5 Å². The van der Waals surface area contributed by atoms with Crippen LogP contribution < -0.4 is 0 Å². The van der Waals surface area contributed by atoms with E-state index in [4.69, 9.17) is 0 Å². The summed E-state index contributed by atoms with van der Waals surface area (Å²) in [4.78, 5) is 26.0. The monoisotopic (exact) mass is 337 g/mol. The van der Waals surface area contributed by atoms with Gasteiger partial charge in [-0.15, -0.1) is 0 Å². The Morgan fingerprint density at radius 3 is 2.38 bits per heavy atom. The maximum Gasteiger partial charge on any atom is 0.293 e. The number of hydrogen-bond acceptors (Lipinski definition) is 4. The molecule has 1 aliphatic heterocycles. The van der Waals surface area contributed by atoms with Gasteiger partial charge in [-0.25, -0.2) is 0 Å². The van der Waals surface area contributed by atoms with Gasteiger partial charge in [0.2, 0.25) is 0 Å². The third-order valence-corrected chi connectivity index (χ3v) is 4.37. The molecule has 1 aliphatic rings. The molecular formula is C19H15NO3S. The van der Waals surface area contributed by atoms with Gasteiger partial charge in [0, 0.05) is 6.54 Å². The normalized spacial score (nSPS) is 16.5. The van der Waals surface area contributed by atoms with Crippen LogP contribution in [0.25, 0.3) is 12.2 Å². The fourth-order valence-electron chi connectivity index (χ4n) is 2.24. The zero-order valence-electron chi connectivity index (χ0n) is 12.8. The van der Waals surface area contributed by atoms with Gasteiger partial charge < -0.3 is 5.11 Å². The summed E-state index contributed by atoms with van der Waals surface area (Å²) in [7, 11) is 0. The van der Waals surface area contributed by atoms with Crippen molar-refractivity contribution in [1.29, 1.82) is 0 Å². The molecule has 0 spiro atoms. The van der Waals surface area contributed by atoms with E-state index in [1.54, 1.807) is 36.4 Å². The quantitative estimate of drug-likeness (QED) is 0.852. The summed E-state index contributed by atoms with van der Waals surface area (Å²) in [5, 5.41) is 9.01. The fourth-order valence-corrected chi connectivity index (χ4v) is 3.09. The number of carbonyl (C=O) groups excluding carboxylic acids is 2. The van der Waals surface area contributed by atoms with E-state index in [1.807, 2.05) is 36.4 Å². The van der Waals surface area contributed by atoms with Gasteiger partial charge in [-0.1, -0.05) is 54.6 Å². The lowest BCUT2D eigenvalue weighted by molar-refractivity contribution is -0.122. The van der Waals surface area contributed by atoms with Crippen LogP contribution in [0.2, 0.25) is 0 Å². The Hall–Kier alpha value is -2.79. The lowest BCUT2D eigenvalue weighted by Crippen LogP contribution is -2.28. The number of thioether (sulfide) groups is 1. The Labute approximate surface area is 144 Å². The van der Waals surface area contributed by atoms with Crippen molar-refractivity contribution in [1.82, 2.24) is 4.90 Å². The summed E-state index contributed by atoms with van der Waals surface area (Å²) in [5.41, 5.74) is 1.78. The molecule has 4 nitrogen and oxygen atoms in total. The molecule has 1 heterocycles. The van der Waals surface area contributed by atoms with Gasteiger partial charge in [0.1, 0.15) is 5.75 Å². The number of amides is 2. The first-order chi connectivity index (χ1) is 11.6. The maximum absolute atomic E-state index is 12.4. The molecule has 0 saturated carbocycles. The van der Waals surface area contributed by atoms with Crippen molar-refractivity contribution < 1.29 is 14.7 Å². The van der Waals surface area contributed by atoms with E-state index >= 15 is 0 Å². The van der Waals surface area contributed by atoms with Crippen molar-refractivity contribution >= 4 is 35.1 Å². The molecule has 2 amide bonds. The van der Waals surface area contributed by atoms with Crippen LogP contribution in [0.15, 0.2) is 65.6 Å². The van der Waals surface area contributed by atoms with E-state index in [-0.39, 0.29) is 23.4 Å². The van der Waals surface area contributed by atoms with Gasteiger partial charge >= 0.3 is 0 Å².